The van der Waals surface area contributed by atoms with Crippen molar-refractivity contribution in [3.63, 3.8) is 0 Å². The van der Waals surface area contributed by atoms with Gasteiger partial charge in [0.1, 0.15) is 5.75 Å². The molecule has 2 aromatic carbocycles. The standard InChI is InChI=1S/C35H49N3O9/c1-4-6-18-36(19-7-5-2)32(39)24-37-23-29(27-14-17-30-31(22-27)46-25-45-30)33(34(37)26-12-15-28(43-3)16-13-26)35(40)44-20-10-8-9-11-21-47-38(41)42/h12-17,22,29,33-34H,4-11,18-21,23-25H2,1-3H3/t29?,33-,34?/m1/s1. The Balaban J connectivity index is 1.59. The maximum atomic E-state index is 14.1. The Bertz CT molecular complexity index is 1300. The van der Waals surface area contributed by atoms with Crippen molar-refractivity contribution in [2.75, 3.05) is 53.3 Å². The van der Waals surface area contributed by atoms with Gasteiger partial charge in [-0.15, -0.1) is 10.1 Å². The van der Waals surface area contributed by atoms with Crippen LogP contribution in [0, 0.1) is 16.0 Å². The Labute approximate surface area is 277 Å². The summed E-state index contributed by atoms with van der Waals surface area (Å²) in [6.45, 7) is 6.77. The predicted octanol–water partition coefficient (Wildman–Crippen LogP) is 5.92. The number of unbranched alkanes of at least 4 members (excludes halogenated alkanes) is 5. The molecule has 0 bridgehead atoms. The van der Waals surface area contributed by atoms with Crippen LogP contribution in [0.25, 0.3) is 0 Å². The average molecular weight is 656 g/mol. The van der Waals surface area contributed by atoms with Crippen molar-refractivity contribution in [1.82, 2.24) is 9.80 Å². The van der Waals surface area contributed by atoms with Crippen molar-refractivity contribution in [2.45, 2.75) is 77.2 Å². The van der Waals surface area contributed by atoms with Crippen molar-refractivity contribution in [3.05, 3.63) is 63.7 Å². The van der Waals surface area contributed by atoms with E-state index in [9.17, 15) is 19.7 Å². The predicted molar refractivity (Wildman–Crippen MR) is 175 cm³/mol. The third kappa shape index (κ3) is 9.96. The normalized spacial score (nSPS) is 18.6. The number of ether oxygens (including phenoxy) is 4. The molecule has 2 unspecified atom stereocenters. The van der Waals surface area contributed by atoms with Crippen molar-refractivity contribution < 1.29 is 38.5 Å². The van der Waals surface area contributed by atoms with E-state index in [0.29, 0.717) is 49.7 Å². The summed E-state index contributed by atoms with van der Waals surface area (Å²) in [5.74, 6) is 0.876. The molecule has 4 rings (SSSR count). The third-order valence-corrected chi connectivity index (χ3v) is 8.89. The van der Waals surface area contributed by atoms with E-state index < -0.39 is 17.0 Å². The number of hydrogen-bond donors (Lipinski definition) is 0. The number of likely N-dealkylation sites (tertiary alicyclic amines) is 1. The molecule has 2 heterocycles. The molecule has 0 spiro atoms. The lowest BCUT2D eigenvalue weighted by atomic mass is 9.82. The van der Waals surface area contributed by atoms with Gasteiger partial charge in [-0.2, -0.15) is 0 Å². The van der Waals surface area contributed by atoms with E-state index in [1.807, 2.05) is 47.4 Å². The minimum atomic E-state index is -0.788. The van der Waals surface area contributed by atoms with Gasteiger partial charge in [0.2, 0.25) is 12.7 Å². The van der Waals surface area contributed by atoms with Gasteiger partial charge in [0.05, 0.1) is 32.8 Å². The summed E-state index contributed by atoms with van der Waals surface area (Å²) in [6.07, 6.45) is 6.54. The van der Waals surface area contributed by atoms with Gasteiger partial charge < -0.3 is 28.7 Å². The molecule has 1 saturated heterocycles. The van der Waals surface area contributed by atoms with Crippen molar-refractivity contribution in [2.24, 2.45) is 5.92 Å². The van der Waals surface area contributed by atoms with Gasteiger partial charge in [0.25, 0.3) is 5.09 Å². The van der Waals surface area contributed by atoms with Crippen LogP contribution in [0.1, 0.15) is 88.3 Å². The van der Waals surface area contributed by atoms with E-state index in [0.717, 1.165) is 49.7 Å². The van der Waals surface area contributed by atoms with Crippen LogP contribution in [0.2, 0.25) is 0 Å². The summed E-state index contributed by atoms with van der Waals surface area (Å²) < 4.78 is 22.6. The van der Waals surface area contributed by atoms with Crippen LogP contribution >= 0.6 is 0 Å². The highest BCUT2D eigenvalue weighted by atomic mass is 16.9. The lowest BCUT2D eigenvalue weighted by Crippen LogP contribution is -2.42. The molecule has 1 fully saturated rings. The highest BCUT2D eigenvalue weighted by Crippen LogP contribution is 2.48. The molecular formula is C35H49N3O9. The largest absolute Gasteiger partial charge is 0.497 e. The minimum absolute atomic E-state index is 0.0541. The monoisotopic (exact) mass is 655 g/mol. The molecule has 0 saturated carbocycles. The Kier molecular flexibility index (Phi) is 14.0. The molecule has 2 aliphatic rings. The fraction of sp³-hybridized carbons (Fsp3) is 0.600. The molecule has 0 aliphatic carbocycles. The Hall–Kier alpha value is -4.06. The molecule has 2 aliphatic heterocycles. The topological polar surface area (TPSA) is 130 Å². The number of esters is 1. The highest BCUT2D eigenvalue weighted by Gasteiger charge is 2.49. The molecule has 3 atom stereocenters. The summed E-state index contributed by atoms with van der Waals surface area (Å²) in [7, 11) is 1.61. The number of benzene rings is 2. The fourth-order valence-electron chi connectivity index (χ4n) is 6.36. The smallest absolute Gasteiger partial charge is 0.311 e. The van der Waals surface area contributed by atoms with Gasteiger partial charge in [-0.05, 0) is 67.5 Å². The molecule has 47 heavy (non-hydrogen) atoms. The Morgan fingerprint density at radius 3 is 2.23 bits per heavy atom. The zero-order valence-electron chi connectivity index (χ0n) is 27.9. The summed E-state index contributed by atoms with van der Waals surface area (Å²) >= 11 is 0. The summed E-state index contributed by atoms with van der Waals surface area (Å²) in [5, 5.41) is 9.57. The van der Waals surface area contributed by atoms with Gasteiger partial charge in [0.15, 0.2) is 11.5 Å². The maximum absolute atomic E-state index is 14.1. The first kappa shape index (κ1) is 35.8. The number of hydrogen-bond acceptors (Lipinski definition) is 10. The molecule has 0 radical (unpaired) electrons. The third-order valence-electron chi connectivity index (χ3n) is 8.89. The Morgan fingerprint density at radius 2 is 1.57 bits per heavy atom. The fourth-order valence-corrected chi connectivity index (χ4v) is 6.36. The molecular weight excluding hydrogens is 606 g/mol. The first-order valence-corrected chi connectivity index (χ1v) is 16.9. The maximum Gasteiger partial charge on any atom is 0.311 e. The van der Waals surface area contributed by atoms with Crippen molar-refractivity contribution >= 4 is 11.9 Å². The lowest BCUT2D eigenvalue weighted by Gasteiger charge is -2.30. The SMILES string of the molecule is CCCCN(CCCC)C(=O)CN1CC(c2ccc3c(c2)OCO3)[C@@H](C(=O)OCCCCCCO[N+](=O)[O-])C1c1ccc(OC)cc1. The van der Waals surface area contributed by atoms with E-state index in [-0.39, 0.29) is 44.3 Å². The number of amides is 1. The summed E-state index contributed by atoms with van der Waals surface area (Å²) in [6, 6.07) is 13.0. The van der Waals surface area contributed by atoms with Crippen molar-refractivity contribution in [3.8, 4) is 17.2 Å². The molecule has 2 aromatic rings. The molecule has 258 valence electrons. The highest BCUT2D eigenvalue weighted by molar-refractivity contribution is 5.80. The molecule has 1 amide bonds. The zero-order valence-corrected chi connectivity index (χ0v) is 27.9. The molecule has 0 aromatic heterocycles. The second kappa shape index (κ2) is 18.3. The van der Waals surface area contributed by atoms with Crippen LogP contribution in [-0.4, -0.2) is 80.1 Å². The van der Waals surface area contributed by atoms with Gasteiger partial charge in [0, 0.05) is 31.6 Å². The van der Waals surface area contributed by atoms with Crippen LogP contribution < -0.4 is 14.2 Å². The Morgan fingerprint density at radius 1 is 0.915 bits per heavy atom. The van der Waals surface area contributed by atoms with E-state index in [1.54, 1.807) is 7.11 Å². The van der Waals surface area contributed by atoms with Gasteiger partial charge in [-0.3, -0.25) is 14.5 Å². The van der Waals surface area contributed by atoms with Crippen LogP contribution in [0.5, 0.6) is 17.2 Å². The number of nitrogens with zero attached hydrogens (tertiary/aromatic N) is 3. The number of fused-ring (bicyclic) bond motifs is 1. The van der Waals surface area contributed by atoms with Crippen LogP contribution in [0.15, 0.2) is 42.5 Å². The van der Waals surface area contributed by atoms with Gasteiger partial charge in [-0.1, -0.05) is 51.3 Å². The minimum Gasteiger partial charge on any atom is -0.497 e. The van der Waals surface area contributed by atoms with E-state index in [2.05, 4.69) is 23.6 Å². The van der Waals surface area contributed by atoms with E-state index in [4.69, 9.17) is 18.9 Å². The van der Waals surface area contributed by atoms with E-state index >= 15 is 0 Å². The van der Waals surface area contributed by atoms with Crippen LogP contribution in [0.4, 0.5) is 0 Å². The van der Waals surface area contributed by atoms with E-state index in [1.165, 1.54) is 0 Å². The second-order valence-corrected chi connectivity index (χ2v) is 12.1. The van der Waals surface area contributed by atoms with Crippen LogP contribution in [-0.2, 0) is 19.2 Å². The van der Waals surface area contributed by atoms with Crippen LogP contribution in [0.3, 0.4) is 0 Å². The average Bonchev–Trinajstić information content (AvgIpc) is 3.70. The second-order valence-electron chi connectivity index (χ2n) is 12.1. The number of rotatable bonds is 20. The first-order chi connectivity index (χ1) is 22.9. The van der Waals surface area contributed by atoms with Gasteiger partial charge in [-0.25, -0.2) is 0 Å². The lowest BCUT2D eigenvalue weighted by molar-refractivity contribution is -0.757. The van der Waals surface area contributed by atoms with Gasteiger partial charge >= 0.3 is 5.97 Å². The summed E-state index contributed by atoms with van der Waals surface area (Å²) in [5.41, 5.74) is 1.83. The molecule has 0 N–H and O–H groups in total. The molecule has 12 heteroatoms. The number of methoxy groups -OCH3 is 1. The first-order valence-electron chi connectivity index (χ1n) is 16.9. The zero-order chi connectivity index (χ0) is 33.6. The number of carbonyl (C=O) groups is 2. The van der Waals surface area contributed by atoms with Crippen molar-refractivity contribution in [1.29, 1.82) is 0 Å². The number of carbonyl (C=O) groups excluding carboxylic acids is 2. The summed E-state index contributed by atoms with van der Waals surface area (Å²) in [4.78, 5) is 46.8. The molecule has 12 nitrogen and oxygen atoms in total. The quantitative estimate of drug-likeness (QED) is 0.0733.